The summed E-state index contributed by atoms with van der Waals surface area (Å²) in [5.41, 5.74) is 0. The first-order valence-electron chi connectivity index (χ1n) is 5.24. The summed E-state index contributed by atoms with van der Waals surface area (Å²) in [5, 5.41) is 9.13. The van der Waals surface area contributed by atoms with Crippen molar-refractivity contribution in [3.8, 4) is 0 Å². The predicted molar refractivity (Wildman–Crippen MR) is 62.0 cm³/mol. The zero-order valence-corrected chi connectivity index (χ0v) is 8.40. The molecule has 1 aromatic heterocycles. The van der Waals surface area contributed by atoms with E-state index in [9.17, 15) is 0 Å². The van der Waals surface area contributed by atoms with Gasteiger partial charge in [-0.05, 0) is 11.5 Å². The highest BCUT2D eigenvalue weighted by molar-refractivity contribution is 5.91. The van der Waals surface area contributed by atoms with Crippen LogP contribution in [-0.2, 0) is 0 Å². The van der Waals surface area contributed by atoms with Gasteiger partial charge in [-0.3, -0.25) is 0 Å². The Morgan fingerprint density at radius 3 is 2.87 bits per heavy atom. The topological polar surface area (TPSA) is 37.0 Å². The first-order valence-corrected chi connectivity index (χ1v) is 5.24. The van der Waals surface area contributed by atoms with Crippen molar-refractivity contribution < 1.29 is 0 Å². The minimum Gasteiger partial charge on any atom is -0.364 e. The van der Waals surface area contributed by atoms with E-state index in [0.29, 0.717) is 6.04 Å². The van der Waals surface area contributed by atoms with Crippen molar-refractivity contribution in [1.82, 2.24) is 10.3 Å². The Hall–Kier alpha value is -1.61. The predicted octanol–water partition coefficient (Wildman–Crippen LogP) is 1.62. The van der Waals surface area contributed by atoms with Gasteiger partial charge in [-0.15, -0.1) is 0 Å². The maximum Gasteiger partial charge on any atom is 0.134 e. The molecule has 1 aliphatic heterocycles. The zero-order chi connectivity index (χ0) is 10.1. The number of nitrogens with zero attached hydrogens (tertiary/aromatic N) is 1. The summed E-state index contributed by atoms with van der Waals surface area (Å²) in [7, 11) is 0. The summed E-state index contributed by atoms with van der Waals surface area (Å²) in [5.74, 6) is 1.000. The van der Waals surface area contributed by atoms with Gasteiger partial charge in [-0.25, -0.2) is 4.98 Å². The second-order valence-electron chi connectivity index (χ2n) is 3.88. The summed E-state index contributed by atoms with van der Waals surface area (Å²) in [4.78, 5) is 4.39. The highest BCUT2D eigenvalue weighted by atomic mass is 15.1. The lowest BCUT2D eigenvalue weighted by molar-refractivity contribution is 0.471. The molecule has 0 amide bonds. The molecule has 0 atom stereocenters. The lowest BCUT2D eigenvalue weighted by Gasteiger charge is -2.28. The van der Waals surface area contributed by atoms with Gasteiger partial charge >= 0.3 is 0 Å². The van der Waals surface area contributed by atoms with Crippen molar-refractivity contribution in [1.29, 1.82) is 0 Å². The van der Waals surface area contributed by atoms with Crippen LogP contribution < -0.4 is 10.6 Å². The molecule has 0 spiro atoms. The van der Waals surface area contributed by atoms with E-state index >= 15 is 0 Å². The Labute approximate surface area is 88.5 Å². The van der Waals surface area contributed by atoms with E-state index in [1.54, 1.807) is 0 Å². The smallest absolute Gasteiger partial charge is 0.134 e. The SMILES string of the molecule is c1ccc2c(NC3CNC3)nccc2c1. The van der Waals surface area contributed by atoms with Crippen LogP contribution in [-0.4, -0.2) is 24.1 Å². The highest BCUT2D eigenvalue weighted by Crippen LogP contribution is 2.21. The van der Waals surface area contributed by atoms with Gasteiger partial charge in [0.15, 0.2) is 0 Å². The Balaban J connectivity index is 2.01. The van der Waals surface area contributed by atoms with Gasteiger partial charge in [-0.1, -0.05) is 24.3 Å². The number of anilines is 1. The van der Waals surface area contributed by atoms with Crippen molar-refractivity contribution in [3.63, 3.8) is 0 Å². The van der Waals surface area contributed by atoms with Gasteiger partial charge in [0.2, 0.25) is 0 Å². The van der Waals surface area contributed by atoms with E-state index in [-0.39, 0.29) is 0 Å². The Morgan fingerprint density at radius 1 is 1.20 bits per heavy atom. The minimum absolute atomic E-state index is 0.531. The highest BCUT2D eigenvalue weighted by Gasteiger charge is 2.17. The molecule has 76 valence electrons. The molecule has 0 aliphatic carbocycles. The Morgan fingerprint density at radius 2 is 2.07 bits per heavy atom. The first-order chi connectivity index (χ1) is 7.43. The van der Waals surface area contributed by atoms with Gasteiger partial charge in [0.05, 0.1) is 6.04 Å². The third-order valence-electron chi connectivity index (χ3n) is 2.80. The van der Waals surface area contributed by atoms with Crippen LogP contribution in [0.4, 0.5) is 5.82 Å². The molecule has 0 saturated carbocycles. The molecular weight excluding hydrogens is 186 g/mol. The number of rotatable bonds is 2. The molecular formula is C12H13N3. The number of fused-ring (bicyclic) bond motifs is 1. The average molecular weight is 199 g/mol. The van der Waals surface area contributed by atoms with Gasteiger partial charge in [0, 0.05) is 24.7 Å². The van der Waals surface area contributed by atoms with Crippen molar-refractivity contribution in [2.75, 3.05) is 18.4 Å². The fourth-order valence-corrected chi connectivity index (χ4v) is 1.82. The van der Waals surface area contributed by atoms with Crippen molar-refractivity contribution in [3.05, 3.63) is 36.5 Å². The summed E-state index contributed by atoms with van der Waals surface area (Å²) in [6, 6.07) is 10.9. The summed E-state index contributed by atoms with van der Waals surface area (Å²) in [6.45, 7) is 2.07. The van der Waals surface area contributed by atoms with E-state index in [2.05, 4.69) is 33.8 Å². The van der Waals surface area contributed by atoms with Crippen LogP contribution >= 0.6 is 0 Å². The van der Waals surface area contributed by atoms with Gasteiger partial charge in [0.25, 0.3) is 0 Å². The van der Waals surface area contributed by atoms with E-state index in [1.165, 1.54) is 10.8 Å². The van der Waals surface area contributed by atoms with Crippen LogP contribution in [0.1, 0.15) is 0 Å². The van der Waals surface area contributed by atoms with Crippen LogP contribution in [0, 0.1) is 0 Å². The number of hydrogen-bond donors (Lipinski definition) is 2. The fourth-order valence-electron chi connectivity index (χ4n) is 1.82. The average Bonchev–Trinajstić information content (AvgIpc) is 2.23. The molecule has 1 fully saturated rings. The molecule has 3 heteroatoms. The molecule has 2 N–H and O–H groups in total. The molecule has 1 saturated heterocycles. The second-order valence-corrected chi connectivity index (χ2v) is 3.88. The molecule has 1 aliphatic rings. The van der Waals surface area contributed by atoms with Gasteiger partial charge in [-0.2, -0.15) is 0 Å². The van der Waals surface area contributed by atoms with Crippen LogP contribution in [0.2, 0.25) is 0 Å². The zero-order valence-electron chi connectivity index (χ0n) is 8.40. The van der Waals surface area contributed by atoms with E-state index in [0.717, 1.165) is 18.9 Å². The third kappa shape index (κ3) is 1.55. The van der Waals surface area contributed by atoms with E-state index in [4.69, 9.17) is 0 Å². The monoisotopic (exact) mass is 199 g/mol. The molecule has 0 unspecified atom stereocenters. The van der Waals surface area contributed by atoms with Crippen LogP contribution in [0.5, 0.6) is 0 Å². The van der Waals surface area contributed by atoms with Crippen LogP contribution in [0.15, 0.2) is 36.5 Å². The van der Waals surface area contributed by atoms with Gasteiger partial charge in [0.1, 0.15) is 5.82 Å². The molecule has 0 radical (unpaired) electrons. The standard InChI is InChI=1S/C12H13N3/c1-2-4-11-9(3-1)5-6-14-12(11)15-10-7-13-8-10/h1-6,10,13H,7-8H2,(H,14,15). The molecule has 2 heterocycles. The summed E-state index contributed by atoms with van der Waals surface area (Å²) in [6.07, 6.45) is 1.86. The molecule has 0 bridgehead atoms. The van der Waals surface area contributed by atoms with Crippen molar-refractivity contribution in [2.24, 2.45) is 0 Å². The molecule has 3 rings (SSSR count). The number of hydrogen-bond acceptors (Lipinski definition) is 3. The van der Waals surface area contributed by atoms with E-state index in [1.807, 2.05) is 18.3 Å². The number of pyridine rings is 1. The van der Waals surface area contributed by atoms with Crippen LogP contribution in [0.3, 0.4) is 0 Å². The molecule has 3 nitrogen and oxygen atoms in total. The van der Waals surface area contributed by atoms with Gasteiger partial charge < -0.3 is 10.6 Å². The van der Waals surface area contributed by atoms with E-state index < -0.39 is 0 Å². The van der Waals surface area contributed by atoms with Crippen LogP contribution in [0.25, 0.3) is 10.8 Å². The number of nitrogens with one attached hydrogen (secondary N) is 2. The lowest BCUT2D eigenvalue weighted by Crippen LogP contribution is -2.51. The maximum atomic E-state index is 4.39. The lowest BCUT2D eigenvalue weighted by atomic mass is 10.1. The Kier molecular flexibility index (Phi) is 2.03. The summed E-state index contributed by atoms with van der Waals surface area (Å²) < 4.78 is 0. The second kappa shape index (κ2) is 3.51. The quantitative estimate of drug-likeness (QED) is 0.771. The number of benzene rings is 1. The molecule has 1 aromatic carbocycles. The number of aromatic nitrogens is 1. The normalized spacial score (nSPS) is 16.3. The molecule has 2 aromatic rings. The maximum absolute atomic E-state index is 4.39. The Bertz CT molecular complexity index is 472. The largest absolute Gasteiger partial charge is 0.364 e. The summed E-state index contributed by atoms with van der Waals surface area (Å²) >= 11 is 0. The molecule has 15 heavy (non-hydrogen) atoms. The minimum atomic E-state index is 0.531. The van der Waals surface area contributed by atoms with Crippen molar-refractivity contribution in [2.45, 2.75) is 6.04 Å². The fraction of sp³-hybridized carbons (Fsp3) is 0.250. The van der Waals surface area contributed by atoms with Crippen molar-refractivity contribution >= 4 is 16.6 Å². The third-order valence-corrected chi connectivity index (χ3v) is 2.80. The first kappa shape index (κ1) is 8.68.